The molecule has 0 saturated carbocycles. The van der Waals surface area contributed by atoms with Crippen molar-refractivity contribution in [3.8, 4) is 11.8 Å². The maximum atomic E-state index is 11.9. The Labute approximate surface area is 140 Å². The molecule has 2 rings (SSSR count). The lowest BCUT2D eigenvalue weighted by atomic mass is 10.1. The van der Waals surface area contributed by atoms with Crippen molar-refractivity contribution in [2.24, 2.45) is 0 Å². The highest BCUT2D eigenvalue weighted by Crippen LogP contribution is 2.14. The maximum absolute atomic E-state index is 11.9. The number of hydrogen-bond acceptors (Lipinski definition) is 4. The zero-order chi connectivity index (χ0) is 17.4. The first-order valence-corrected chi connectivity index (χ1v) is 7.62. The van der Waals surface area contributed by atoms with E-state index in [1.165, 1.54) is 6.92 Å². The Morgan fingerprint density at radius 3 is 2.58 bits per heavy atom. The molecule has 2 aromatic carbocycles. The third kappa shape index (κ3) is 5.25. The summed E-state index contributed by atoms with van der Waals surface area (Å²) in [4.78, 5) is 23.0. The number of nitrogens with zero attached hydrogens (tertiary/aromatic N) is 1. The molecule has 2 aromatic rings. The van der Waals surface area contributed by atoms with Crippen LogP contribution in [0.15, 0.2) is 48.5 Å². The van der Waals surface area contributed by atoms with Gasteiger partial charge in [-0.25, -0.2) is 0 Å². The minimum absolute atomic E-state index is 0.0127. The summed E-state index contributed by atoms with van der Waals surface area (Å²) in [5, 5.41) is 11.6. The van der Waals surface area contributed by atoms with Crippen LogP contribution in [-0.4, -0.2) is 18.3 Å². The molecule has 0 spiro atoms. The lowest BCUT2D eigenvalue weighted by Crippen LogP contribution is -2.12. The average Bonchev–Trinajstić information content (AvgIpc) is 2.59. The van der Waals surface area contributed by atoms with Crippen molar-refractivity contribution in [1.82, 2.24) is 0 Å². The Morgan fingerprint density at radius 2 is 1.92 bits per heavy atom. The Kier molecular flexibility index (Phi) is 6.09. The van der Waals surface area contributed by atoms with Gasteiger partial charge in [-0.1, -0.05) is 6.07 Å². The first-order chi connectivity index (χ1) is 11.6. The lowest BCUT2D eigenvalue weighted by Gasteiger charge is -2.07. The topological polar surface area (TPSA) is 79.2 Å². The number of carbonyl (C=O) groups excluding carboxylic acids is 2. The number of carbonyl (C=O) groups is 2. The van der Waals surface area contributed by atoms with Crippen LogP contribution in [0.5, 0.6) is 5.75 Å². The van der Waals surface area contributed by atoms with Crippen LogP contribution >= 0.6 is 0 Å². The van der Waals surface area contributed by atoms with E-state index in [2.05, 4.69) is 5.32 Å². The number of nitrogens with one attached hydrogen (secondary N) is 1. The summed E-state index contributed by atoms with van der Waals surface area (Å²) >= 11 is 0. The third-order valence-electron chi connectivity index (χ3n) is 3.35. The van der Waals surface area contributed by atoms with E-state index in [1.54, 1.807) is 48.5 Å². The van der Waals surface area contributed by atoms with Gasteiger partial charge in [0.15, 0.2) is 5.78 Å². The zero-order valence-corrected chi connectivity index (χ0v) is 13.4. The molecule has 1 N–H and O–H groups in total. The van der Waals surface area contributed by atoms with E-state index >= 15 is 0 Å². The lowest BCUT2D eigenvalue weighted by molar-refractivity contribution is -0.116. The predicted octanol–water partition coefficient (Wildman–Crippen LogP) is 3.56. The van der Waals surface area contributed by atoms with E-state index < -0.39 is 0 Å². The summed E-state index contributed by atoms with van der Waals surface area (Å²) in [6.07, 6.45) is 0.889. The molecule has 0 aromatic heterocycles. The van der Waals surface area contributed by atoms with Crippen LogP contribution in [0.3, 0.4) is 0 Å². The van der Waals surface area contributed by atoms with Crippen molar-refractivity contribution in [3.05, 3.63) is 59.7 Å². The van der Waals surface area contributed by atoms with E-state index in [4.69, 9.17) is 10.00 Å². The van der Waals surface area contributed by atoms with Gasteiger partial charge in [-0.05, 0) is 55.8 Å². The number of amides is 1. The predicted molar refractivity (Wildman–Crippen MR) is 91.0 cm³/mol. The molecule has 0 radical (unpaired) electrons. The molecule has 0 aliphatic carbocycles. The van der Waals surface area contributed by atoms with Gasteiger partial charge in [0.1, 0.15) is 5.75 Å². The molecule has 0 fully saturated rings. The Bertz CT molecular complexity index is 761. The Hall–Kier alpha value is -3.13. The quantitative estimate of drug-likeness (QED) is 0.624. The van der Waals surface area contributed by atoms with Gasteiger partial charge in [-0.2, -0.15) is 5.26 Å². The Morgan fingerprint density at radius 1 is 1.17 bits per heavy atom. The third-order valence-corrected chi connectivity index (χ3v) is 3.35. The van der Waals surface area contributed by atoms with E-state index in [1.807, 2.05) is 6.07 Å². The van der Waals surface area contributed by atoms with Crippen LogP contribution in [0.2, 0.25) is 0 Å². The first kappa shape index (κ1) is 17.2. The SMILES string of the molecule is CC(=O)c1ccc(OCCCC(=O)Nc2cccc(C#N)c2)cc1. The zero-order valence-electron chi connectivity index (χ0n) is 13.4. The molecule has 0 unspecified atom stereocenters. The van der Waals surface area contributed by atoms with Crippen LogP contribution in [0, 0.1) is 11.3 Å². The van der Waals surface area contributed by atoms with Gasteiger partial charge in [-0.3, -0.25) is 9.59 Å². The van der Waals surface area contributed by atoms with Gasteiger partial charge in [0.2, 0.25) is 5.91 Å². The number of ketones is 1. The molecular formula is C19H18N2O3. The van der Waals surface area contributed by atoms with Crippen molar-refractivity contribution < 1.29 is 14.3 Å². The van der Waals surface area contributed by atoms with Gasteiger partial charge in [-0.15, -0.1) is 0 Å². The second kappa shape index (κ2) is 8.49. The van der Waals surface area contributed by atoms with Gasteiger partial charge in [0.05, 0.1) is 18.2 Å². The van der Waals surface area contributed by atoms with E-state index in [9.17, 15) is 9.59 Å². The molecule has 0 aliphatic rings. The summed E-state index contributed by atoms with van der Waals surface area (Å²) in [5.74, 6) is 0.557. The first-order valence-electron chi connectivity index (χ1n) is 7.62. The van der Waals surface area contributed by atoms with Gasteiger partial charge >= 0.3 is 0 Å². The van der Waals surface area contributed by atoms with Crippen LogP contribution in [0.4, 0.5) is 5.69 Å². The van der Waals surface area contributed by atoms with Crippen LogP contribution < -0.4 is 10.1 Å². The molecule has 0 saturated heterocycles. The number of benzene rings is 2. The monoisotopic (exact) mass is 322 g/mol. The molecule has 0 aliphatic heterocycles. The highest BCUT2D eigenvalue weighted by Gasteiger charge is 2.04. The molecule has 0 heterocycles. The number of hydrogen-bond donors (Lipinski definition) is 1. The number of rotatable bonds is 7. The van der Waals surface area contributed by atoms with Crippen LogP contribution in [0.25, 0.3) is 0 Å². The van der Waals surface area contributed by atoms with Crippen molar-refractivity contribution >= 4 is 17.4 Å². The van der Waals surface area contributed by atoms with E-state index in [0.29, 0.717) is 42.0 Å². The molecule has 1 amide bonds. The second-order valence-electron chi connectivity index (χ2n) is 5.27. The average molecular weight is 322 g/mol. The smallest absolute Gasteiger partial charge is 0.224 e. The van der Waals surface area contributed by atoms with E-state index in [0.717, 1.165) is 0 Å². The minimum Gasteiger partial charge on any atom is -0.494 e. The highest BCUT2D eigenvalue weighted by atomic mass is 16.5. The van der Waals surface area contributed by atoms with Crippen LogP contribution in [-0.2, 0) is 4.79 Å². The molecule has 24 heavy (non-hydrogen) atoms. The standard InChI is InChI=1S/C19H18N2O3/c1-14(22)16-7-9-18(10-8-16)24-11-3-6-19(23)21-17-5-2-4-15(12-17)13-20/h2,4-5,7-10,12H,3,6,11H2,1H3,(H,21,23). The second-order valence-corrected chi connectivity index (χ2v) is 5.27. The van der Waals surface area contributed by atoms with Gasteiger partial charge < -0.3 is 10.1 Å². The fourth-order valence-electron chi connectivity index (χ4n) is 2.10. The number of Topliss-reactive ketones (excluding diaryl/α,β-unsaturated/α-hetero) is 1. The van der Waals surface area contributed by atoms with Crippen LogP contribution in [0.1, 0.15) is 35.7 Å². The normalized spacial score (nSPS) is 9.83. The Balaban J connectivity index is 1.72. The summed E-state index contributed by atoms with van der Waals surface area (Å²) in [5.41, 5.74) is 1.76. The summed E-state index contributed by atoms with van der Waals surface area (Å²) in [6.45, 7) is 1.92. The van der Waals surface area contributed by atoms with Crippen molar-refractivity contribution in [1.29, 1.82) is 5.26 Å². The van der Waals surface area contributed by atoms with Crippen molar-refractivity contribution in [2.45, 2.75) is 19.8 Å². The molecule has 5 heteroatoms. The largest absolute Gasteiger partial charge is 0.494 e. The van der Waals surface area contributed by atoms with Gasteiger partial charge in [0.25, 0.3) is 0 Å². The number of nitriles is 1. The number of anilines is 1. The summed E-state index contributed by atoms with van der Waals surface area (Å²) in [6, 6.07) is 15.7. The highest BCUT2D eigenvalue weighted by molar-refractivity contribution is 5.94. The maximum Gasteiger partial charge on any atom is 0.224 e. The fraction of sp³-hybridized carbons (Fsp3) is 0.211. The molecule has 5 nitrogen and oxygen atoms in total. The van der Waals surface area contributed by atoms with Crippen molar-refractivity contribution in [3.63, 3.8) is 0 Å². The van der Waals surface area contributed by atoms with Crippen molar-refractivity contribution in [2.75, 3.05) is 11.9 Å². The minimum atomic E-state index is -0.124. The molecule has 0 bridgehead atoms. The molecule has 122 valence electrons. The molecule has 0 atom stereocenters. The number of ether oxygens (including phenoxy) is 1. The summed E-state index contributed by atoms with van der Waals surface area (Å²) in [7, 11) is 0. The molecular weight excluding hydrogens is 304 g/mol. The van der Waals surface area contributed by atoms with Gasteiger partial charge in [0, 0.05) is 17.7 Å². The fourth-order valence-corrected chi connectivity index (χ4v) is 2.10. The van der Waals surface area contributed by atoms with E-state index in [-0.39, 0.29) is 11.7 Å². The summed E-state index contributed by atoms with van der Waals surface area (Å²) < 4.78 is 5.54.